The SMILES string of the molecule is Cc1cc(SCc2nnn[nH]2)[nH]c(=O)c1. The molecule has 7 heteroatoms. The van der Waals surface area contributed by atoms with Crippen molar-refractivity contribution in [3.8, 4) is 0 Å². The maximum atomic E-state index is 11.2. The molecular weight excluding hydrogens is 214 g/mol. The Morgan fingerprint density at radius 1 is 1.47 bits per heavy atom. The maximum Gasteiger partial charge on any atom is 0.249 e. The fourth-order valence-corrected chi connectivity index (χ4v) is 1.97. The summed E-state index contributed by atoms with van der Waals surface area (Å²) < 4.78 is 0. The predicted molar refractivity (Wildman–Crippen MR) is 55.5 cm³/mol. The average molecular weight is 223 g/mol. The van der Waals surface area contributed by atoms with Crippen LogP contribution in [0.3, 0.4) is 0 Å². The van der Waals surface area contributed by atoms with Crippen molar-refractivity contribution in [2.45, 2.75) is 17.7 Å². The van der Waals surface area contributed by atoms with Crippen LogP contribution >= 0.6 is 11.8 Å². The van der Waals surface area contributed by atoms with E-state index >= 15 is 0 Å². The van der Waals surface area contributed by atoms with E-state index in [-0.39, 0.29) is 5.56 Å². The lowest BCUT2D eigenvalue weighted by Gasteiger charge is -1.99. The van der Waals surface area contributed by atoms with Gasteiger partial charge in [-0.15, -0.1) is 16.9 Å². The van der Waals surface area contributed by atoms with Crippen LogP contribution in [-0.2, 0) is 5.75 Å². The Bertz CT molecular complexity index is 492. The van der Waals surface area contributed by atoms with Gasteiger partial charge in [0.2, 0.25) is 5.56 Å². The molecule has 6 nitrogen and oxygen atoms in total. The van der Waals surface area contributed by atoms with E-state index in [1.165, 1.54) is 11.8 Å². The molecule has 0 unspecified atom stereocenters. The molecule has 0 aliphatic carbocycles. The first-order valence-electron chi connectivity index (χ1n) is 4.30. The molecule has 0 aromatic carbocycles. The van der Waals surface area contributed by atoms with Crippen LogP contribution in [-0.4, -0.2) is 25.6 Å². The summed E-state index contributed by atoms with van der Waals surface area (Å²) in [5.41, 5.74) is 0.852. The van der Waals surface area contributed by atoms with Crippen molar-refractivity contribution in [1.82, 2.24) is 25.6 Å². The summed E-state index contributed by atoms with van der Waals surface area (Å²) in [4.78, 5) is 13.9. The first-order valence-corrected chi connectivity index (χ1v) is 5.29. The molecule has 2 rings (SSSR count). The number of nitrogens with zero attached hydrogens (tertiary/aromatic N) is 3. The van der Waals surface area contributed by atoms with Crippen LogP contribution in [0.5, 0.6) is 0 Å². The van der Waals surface area contributed by atoms with Gasteiger partial charge in [-0.25, -0.2) is 5.10 Å². The molecule has 2 heterocycles. The van der Waals surface area contributed by atoms with Gasteiger partial charge in [0.05, 0.1) is 10.8 Å². The van der Waals surface area contributed by atoms with Crippen molar-refractivity contribution >= 4 is 11.8 Å². The molecule has 0 saturated heterocycles. The highest BCUT2D eigenvalue weighted by Gasteiger charge is 2.00. The van der Waals surface area contributed by atoms with E-state index in [9.17, 15) is 4.79 Å². The molecule has 0 saturated carbocycles. The summed E-state index contributed by atoms with van der Waals surface area (Å²) in [7, 11) is 0. The van der Waals surface area contributed by atoms with E-state index in [1.54, 1.807) is 6.07 Å². The second-order valence-electron chi connectivity index (χ2n) is 3.02. The van der Waals surface area contributed by atoms with Gasteiger partial charge in [0.1, 0.15) is 0 Å². The highest BCUT2D eigenvalue weighted by Crippen LogP contribution is 2.17. The number of aromatic nitrogens is 5. The molecule has 2 aromatic heterocycles. The van der Waals surface area contributed by atoms with Gasteiger partial charge in [-0.05, 0) is 29.0 Å². The molecular formula is C8H9N5OS. The summed E-state index contributed by atoms with van der Waals surface area (Å²) in [5.74, 6) is 1.29. The summed E-state index contributed by atoms with van der Waals surface area (Å²) in [6.07, 6.45) is 0. The Labute approximate surface area is 89.5 Å². The minimum absolute atomic E-state index is 0.0896. The molecule has 2 N–H and O–H groups in total. The summed E-state index contributed by atoms with van der Waals surface area (Å²) in [5, 5.41) is 14.1. The number of nitrogens with one attached hydrogen (secondary N) is 2. The normalized spacial score (nSPS) is 10.5. The zero-order chi connectivity index (χ0) is 10.7. The molecule has 0 atom stereocenters. The largest absolute Gasteiger partial charge is 0.317 e. The second-order valence-corrected chi connectivity index (χ2v) is 4.04. The number of H-pyrrole nitrogens is 2. The van der Waals surface area contributed by atoms with Gasteiger partial charge < -0.3 is 4.98 Å². The van der Waals surface area contributed by atoms with Crippen molar-refractivity contribution < 1.29 is 0 Å². The fraction of sp³-hybridized carbons (Fsp3) is 0.250. The highest BCUT2D eigenvalue weighted by molar-refractivity contribution is 7.98. The van der Waals surface area contributed by atoms with Crippen LogP contribution in [0, 0.1) is 6.92 Å². The lowest BCUT2D eigenvalue weighted by molar-refractivity contribution is 0.881. The number of hydrogen-bond acceptors (Lipinski definition) is 5. The number of tetrazole rings is 1. The van der Waals surface area contributed by atoms with E-state index < -0.39 is 0 Å². The van der Waals surface area contributed by atoms with Gasteiger partial charge in [0.25, 0.3) is 0 Å². The number of aryl methyl sites for hydroxylation is 1. The Balaban J connectivity index is 2.08. The number of hydrogen-bond donors (Lipinski definition) is 2. The summed E-state index contributed by atoms with van der Waals surface area (Å²) >= 11 is 1.48. The lowest BCUT2D eigenvalue weighted by atomic mass is 10.3. The van der Waals surface area contributed by atoms with Crippen molar-refractivity contribution in [3.05, 3.63) is 33.9 Å². The first-order chi connectivity index (χ1) is 7.24. The topological polar surface area (TPSA) is 87.3 Å². The first kappa shape index (κ1) is 9.91. The number of aromatic amines is 2. The maximum absolute atomic E-state index is 11.2. The third kappa shape index (κ3) is 2.66. The third-order valence-electron chi connectivity index (χ3n) is 1.72. The van der Waals surface area contributed by atoms with Crippen molar-refractivity contribution in [1.29, 1.82) is 0 Å². The molecule has 0 bridgehead atoms. The quantitative estimate of drug-likeness (QED) is 0.739. The second kappa shape index (κ2) is 4.26. The zero-order valence-electron chi connectivity index (χ0n) is 8.02. The fourth-order valence-electron chi connectivity index (χ4n) is 1.11. The Morgan fingerprint density at radius 3 is 3.00 bits per heavy atom. The van der Waals surface area contributed by atoms with E-state index in [0.29, 0.717) is 11.6 Å². The minimum atomic E-state index is -0.0896. The van der Waals surface area contributed by atoms with E-state index in [0.717, 1.165) is 10.6 Å². The molecule has 0 radical (unpaired) electrons. The van der Waals surface area contributed by atoms with Gasteiger partial charge in [0, 0.05) is 6.07 Å². The summed E-state index contributed by atoms with van der Waals surface area (Å²) in [6.45, 7) is 1.88. The van der Waals surface area contributed by atoms with E-state index in [2.05, 4.69) is 25.6 Å². The van der Waals surface area contributed by atoms with Crippen LogP contribution in [0.15, 0.2) is 22.0 Å². The highest BCUT2D eigenvalue weighted by atomic mass is 32.2. The van der Waals surface area contributed by atoms with Crippen molar-refractivity contribution in [3.63, 3.8) is 0 Å². The Morgan fingerprint density at radius 2 is 2.33 bits per heavy atom. The molecule has 78 valence electrons. The molecule has 0 aliphatic rings. The van der Waals surface area contributed by atoms with Gasteiger partial charge in [-0.2, -0.15) is 0 Å². The van der Waals surface area contributed by atoms with Gasteiger partial charge >= 0.3 is 0 Å². The third-order valence-corrected chi connectivity index (χ3v) is 2.67. The van der Waals surface area contributed by atoms with Crippen LogP contribution in [0.4, 0.5) is 0 Å². The Kier molecular flexibility index (Phi) is 2.82. The number of thioether (sulfide) groups is 1. The summed E-state index contributed by atoms with van der Waals surface area (Å²) in [6, 6.07) is 3.47. The van der Waals surface area contributed by atoms with Crippen molar-refractivity contribution in [2.24, 2.45) is 0 Å². The average Bonchev–Trinajstić information content (AvgIpc) is 2.65. The lowest BCUT2D eigenvalue weighted by Crippen LogP contribution is -2.05. The van der Waals surface area contributed by atoms with Gasteiger partial charge in [-0.3, -0.25) is 4.79 Å². The number of rotatable bonds is 3. The van der Waals surface area contributed by atoms with Gasteiger partial charge in [-0.1, -0.05) is 0 Å². The van der Waals surface area contributed by atoms with Crippen LogP contribution in [0.1, 0.15) is 11.4 Å². The standard InChI is InChI=1S/C8H9N5OS/c1-5-2-7(14)9-8(3-5)15-4-6-10-12-13-11-6/h2-3H,4H2,1H3,(H,9,14)(H,10,11,12,13). The smallest absolute Gasteiger partial charge is 0.249 e. The van der Waals surface area contributed by atoms with Crippen LogP contribution < -0.4 is 5.56 Å². The van der Waals surface area contributed by atoms with Crippen molar-refractivity contribution in [2.75, 3.05) is 0 Å². The van der Waals surface area contributed by atoms with Crippen LogP contribution in [0.2, 0.25) is 0 Å². The molecule has 0 aliphatic heterocycles. The van der Waals surface area contributed by atoms with E-state index in [1.807, 2.05) is 13.0 Å². The van der Waals surface area contributed by atoms with Crippen LogP contribution in [0.25, 0.3) is 0 Å². The Hall–Kier alpha value is -1.63. The monoisotopic (exact) mass is 223 g/mol. The zero-order valence-corrected chi connectivity index (χ0v) is 8.84. The minimum Gasteiger partial charge on any atom is -0.317 e. The molecule has 0 fully saturated rings. The molecule has 0 amide bonds. The number of pyridine rings is 1. The van der Waals surface area contributed by atoms with E-state index in [4.69, 9.17) is 0 Å². The van der Waals surface area contributed by atoms with Gasteiger partial charge in [0.15, 0.2) is 5.82 Å². The molecule has 15 heavy (non-hydrogen) atoms. The molecule has 0 spiro atoms. The predicted octanol–water partition coefficient (Wildman–Crippen LogP) is 0.489. The molecule has 2 aromatic rings.